The highest BCUT2D eigenvalue weighted by Gasteiger charge is 2.51. The van der Waals surface area contributed by atoms with Crippen LogP contribution in [0.4, 0.5) is 11.5 Å². The van der Waals surface area contributed by atoms with Gasteiger partial charge < -0.3 is 29.1 Å². The molecule has 2 aromatic rings. The van der Waals surface area contributed by atoms with Gasteiger partial charge >= 0.3 is 29.4 Å². The Bertz CT molecular complexity index is 1150. The number of aromatic nitrogens is 3. The van der Waals surface area contributed by atoms with Gasteiger partial charge in [-0.1, -0.05) is 0 Å². The number of hydrogen-bond acceptors (Lipinski definition) is 13. The Labute approximate surface area is 183 Å². The zero-order valence-corrected chi connectivity index (χ0v) is 17.4. The van der Waals surface area contributed by atoms with Crippen LogP contribution in [-0.4, -0.2) is 67.2 Å². The molecule has 176 valence electrons. The number of nitrogens with zero attached hydrogens (tertiary/aromatic N) is 5. The summed E-state index contributed by atoms with van der Waals surface area (Å²) in [7, 11) is 0. The van der Waals surface area contributed by atoms with Crippen molar-refractivity contribution < 1.29 is 43.2 Å². The number of fused-ring (bicyclic) bond motifs is 1. The Kier molecular flexibility index (Phi) is 6.47. The van der Waals surface area contributed by atoms with E-state index < -0.39 is 63.8 Å². The molecule has 0 radical (unpaired) electrons. The molecule has 1 fully saturated rings. The van der Waals surface area contributed by atoms with E-state index in [0.717, 1.165) is 31.7 Å². The van der Waals surface area contributed by atoms with Crippen molar-refractivity contribution in [2.24, 2.45) is 0 Å². The van der Waals surface area contributed by atoms with E-state index in [1.54, 1.807) is 0 Å². The number of imidazole rings is 1. The first-order chi connectivity index (χ1) is 15.5. The summed E-state index contributed by atoms with van der Waals surface area (Å²) in [4.78, 5) is 63.2. The highest BCUT2D eigenvalue weighted by Crippen LogP contribution is 2.37. The number of nitro groups is 2. The Morgan fingerprint density at radius 1 is 1.06 bits per heavy atom. The minimum absolute atomic E-state index is 0.289. The van der Waals surface area contributed by atoms with Crippen molar-refractivity contribution >= 4 is 40.6 Å². The Morgan fingerprint density at radius 3 is 2.24 bits per heavy atom. The van der Waals surface area contributed by atoms with E-state index in [-0.39, 0.29) is 17.8 Å². The van der Waals surface area contributed by atoms with Crippen LogP contribution in [0.15, 0.2) is 12.4 Å². The highest BCUT2D eigenvalue weighted by molar-refractivity contribution is 5.83. The molecule has 0 amide bonds. The topological polar surface area (TPSA) is 205 Å². The van der Waals surface area contributed by atoms with Crippen LogP contribution in [0.2, 0.25) is 0 Å². The first-order valence-corrected chi connectivity index (χ1v) is 9.29. The normalized spacial score (nSPS) is 22.0. The van der Waals surface area contributed by atoms with Gasteiger partial charge in [0.25, 0.3) is 5.65 Å². The van der Waals surface area contributed by atoms with Gasteiger partial charge in [0.05, 0.1) is 4.92 Å². The molecule has 0 aliphatic carbocycles. The number of pyridine rings is 1. The van der Waals surface area contributed by atoms with E-state index in [1.807, 2.05) is 0 Å². The molecule has 16 nitrogen and oxygen atoms in total. The Hall–Kier alpha value is -4.21. The van der Waals surface area contributed by atoms with Crippen molar-refractivity contribution in [3.8, 4) is 0 Å². The molecule has 0 bridgehead atoms. The van der Waals surface area contributed by atoms with Crippen molar-refractivity contribution in [1.82, 2.24) is 14.5 Å². The van der Waals surface area contributed by atoms with Gasteiger partial charge in [-0.05, 0) is 9.91 Å². The molecule has 0 aromatic carbocycles. The third kappa shape index (κ3) is 4.84. The summed E-state index contributed by atoms with van der Waals surface area (Å²) >= 11 is 0. The average molecular weight is 467 g/mol. The molecular weight excluding hydrogens is 450 g/mol. The van der Waals surface area contributed by atoms with Gasteiger partial charge in [0.1, 0.15) is 25.1 Å². The lowest BCUT2D eigenvalue weighted by Crippen LogP contribution is -2.40. The molecule has 0 spiro atoms. The summed E-state index contributed by atoms with van der Waals surface area (Å²) in [6.07, 6.45) is -3.98. The van der Waals surface area contributed by atoms with Gasteiger partial charge in [-0.15, -0.1) is 0 Å². The molecule has 0 unspecified atom stereocenters. The van der Waals surface area contributed by atoms with Gasteiger partial charge in [-0.25, -0.2) is 4.98 Å². The van der Waals surface area contributed by atoms with Gasteiger partial charge in [-0.3, -0.25) is 29.1 Å². The van der Waals surface area contributed by atoms with Crippen molar-refractivity contribution in [3.05, 3.63) is 32.6 Å². The van der Waals surface area contributed by atoms with E-state index in [9.17, 15) is 34.6 Å². The smallest absolute Gasteiger partial charge is 0.372 e. The lowest BCUT2D eigenvalue weighted by Gasteiger charge is -2.23. The van der Waals surface area contributed by atoms with Crippen LogP contribution >= 0.6 is 0 Å². The summed E-state index contributed by atoms with van der Waals surface area (Å²) in [5, 5.41) is 22.6. The number of ether oxygens (including phenoxy) is 4. The molecule has 1 aliphatic rings. The average Bonchev–Trinajstić information content (AvgIpc) is 3.26. The molecule has 0 saturated carbocycles. The largest absolute Gasteiger partial charge is 0.463 e. The number of rotatable bonds is 7. The van der Waals surface area contributed by atoms with E-state index in [0.29, 0.717) is 6.07 Å². The van der Waals surface area contributed by atoms with Gasteiger partial charge in [0.15, 0.2) is 18.4 Å². The van der Waals surface area contributed by atoms with E-state index in [4.69, 9.17) is 18.9 Å². The molecule has 1 aliphatic heterocycles. The summed E-state index contributed by atoms with van der Waals surface area (Å²) in [5.74, 6) is -3.03. The van der Waals surface area contributed by atoms with Crippen molar-refractivity contribution in [1.29, 1.82) is 0 Å². The molecule has 3 heterocycles. The molecule has 2 aromatic heterocycles. The highest BCUT2D eigenvalue weighted by atomic mass is 16.7. The van der Waals surface area contributed by atoms with E-state index in [1.165, 1.54) is 0 Å². The third-order valence-corrected chi connectivity index (χ3v) is 4.49. The lowest BCUT2D eigenvalue weighted by molar-refractivity contribution is -0.396. The first-order valence-electron chi connectivity index (χ1n) is 9.29. The van der Waals surface area contributed by atoms with E-state index >= 15 is 0 Å². The number of carbonyl (C=O) groups excluding carboxylic acids is 3. The standard InChI is InChI=1S/C17H17N5O11/c1-7(23)30-5-11-14(31-8(2)24)15(32-9(3)25)17(33-11)20-6-18-13-10(21(26)27)4-12(22(28)29)19-16(13)20/h4,6,11,14-15,17H,5H2,1-3H3/t11-,14-,15-,17-/m1/s1. The van der Waals surface area contributed by atoms with E-state index in [2.05, 4.69) is 9.97 Å². The van der Waals surface area contributed by atoms with Crippen LogP contribution < -0.4 is 0 Å². The fraction of sp³-hybridized carbons (Fsp3) is 0.471. The SMILES string of the molecule is CC(=O)OC[C@H]1O[C@@H](n2cnc3c([N+](=O)[O-])cc([N+](=O)[O-])nc32)[C@H](OC(C)=O)[C@@H]1OC(C)=O. The molecule has 4 atom stereocenters. The fourth-order valence-corrected chi connectivity index (χ4v) is 3.31. The minimum Gasteiger partial charge on any atom is -0.463 e. The second-order valence-corrected chi connectivity index (χ2v) is 6.85. The number of carbonyl (C=O) groups is 3. The maximum Gasteiger partial charge on any atom is 0.372 e. The third-order valence-electron chi connectivity index (χ3n) is 4.49. The second kappa shape index (κ2) is 9.11. The van der Waals surface area contributed by atoms with Crippen LogP contribution in [0.1, 0.15) is 27.0 Å². The number of esters is 3. The van der Waals surface area contributed by atoms with Crippen LogP contribution in [0, 0.1) is 20.2 Å². The molecule has 33 heavy (non-hydrogen) atoms. The summed E-state index contributed by atoms with van der Waals surface area (Å²) < 4.78 is 22.3. The lowest BCUT2D eigenvalue weighted by atomic mass is 10.1. The minimum atomic E-state index is -1.34. The van der Waals surface area contributed by atoms with Crippen LogP contribution in [0.5, 0.6) is 0 Å². The summed E-state index contributed by atoms with van der Waals surface area (Å²) in [6, 6.07) is 0.657. The second-order valence-electron chi connectivity index (χ2n) is 6.85. The Morgan fingerprint density at radius 2 is 1.70 bits per heavy atom. The molecule has 16 heteroatoms. The quantitative estimate of drug-likeness (QED) is 0.236. The van der Waals surface area contributed by atoms with Crippen molar-refractivity contribution in [3.63, 3.8) is 0 Å². The van der Waals surface area contributed by atoms with Crippen molar-refractivity contribution in [2.75, 3.05) is 6.61 Å². The summed E-state index contributed by atoms with van der Waals surface area (Å²) in [5.41, 5.74) is -1.28. The maximum absolute atomic E-state index is 11.7. The maximum atomic E-state index is 11.7. The summed E-state index contributed by atoms with van der Waals surface area (Å²) in [6.45, 7) is 2.94. The first kappa shape index (κ1) is 23.5. The van der Waals surface area contributed by atoms with Gasteiger partial charge in [0, 0.05) is 20.8 Å². The van der Waals surface area contributed by atoms with Gasteiger partial charge in [-0.2, -0.15) is 0 Å². The molecular formula is C17H17N5O11. The molecule has 0 N–H and O–H groups in total. The zero-order valence-electron chi connectivity index (χ0n) is 17.4. The molecule has 1 saturated heterocycles. The predicted octanol–water partition coefficient (Wildman–Crippen LogP) is 0.572. The predicted molar refractivity (Wildman–Crippen MR) is 102 cm³/mol. The fourth-order valence-electron chi connectivity index (χ4n) is 3.31. The van der Waals surface area contributed by atoms with Gasteiger partial charge in [0.2, 0.25) is 5.52 Å². The Balaban J connectivity index is 2.14. The zero-order chi connectivity index (χ0) is 24.4. The van der Waals surface area contributed by atoms with Crippen LogP contribution in [-0.2, 0) is 33.3 Å². The van der Waals surface area contributed by atoms with Crippen LogP contribution in [0.3, 0.4) is 0 Å². The van der Waals surface area contributed by atoms with Crippen molar-refractivity contribution in [2.45, 2.75) is 45.3 Å². The number of hydrogen-bond donors (Lipinski definition) is 0. The molecule has 3 rings (SSSR count). The van der Waals surface area contributed by atoms with Crippen LogP contribution in [0.25, 0.3) is 11.2 Å². The monoisotopic (exact) mass is 467 g/mol.